The van der Waals surface area contributed by atoms with E-state index < -0.39 is 0 Å². The van der Waals surface area contributed by atoms with Crippen LogP contribution in [-0.2, 0) is 0 Å². The Kier molecular flexibility index (Phi) is 1.28. The van der Waals surface area contributed by atoms with Gasteiger partial charge in [-0.2, -0.15) is 0 Å². The van der Waals surface area contributed by atoms with E-state index in [1.54, 1.807) is 23.2 Å². The summed E-state index contributed by atoms with van der Waals surface area (Å²) in [5, 5.41) is 0. The lowest BCUT2D eigenvalue weighted by Crippen LogP contribution is -2.11. The van der Waals surface area contributed by atoms with Crippen LogP contribution in [0.5, 0.6) is 0 Å². The van der Waals surface area contributed by atoms with E-state index in [1.807, 2.05) is 18.2 Å². The van der Waals surface area contributed by atoms with Crippen LogP contribution in [0.2, 0.25) is 0 Å². The molecule has 1 aliphatic rings. The highest BCUT2D eigenvalue weighted by molar-refractivity contribution is 5.98. The standard InChI is InChI=1S/C10H7N3O/c14-10-12-8-3-1-2-7-6-11-4-5-13(10)9(7)8/h1-6H,(H,12,14). The number of hydrogen-bond acceptors (Lipinski definition) is 2. The SMILES string of the molecule is O=c1[nH]c2cccc3c2n1C=CN=C3. The zero-order chi connectivity index (χ0) is 9.54. The minimum Gasteiger partial charge on any atom is -0.305 e. The fourth-order valence-corrected chi connectivity index (χ4v) is 1.68. The third-order valence-electron chi connectivity index (χ3n) is 2.28. The Morgan fingerprint density at radius 2 is 2.29 bits per heavy atom. The summed E-state index contributed by atoms with van der Waals surface area (Å²) in [6, 6.07) is 5.71. The Labute approximate surface area is 79.2 Å². The second kappa shape index (κ2) is 2.45. The molecular formula is C10H7N3O. The molecule has 68 valence electrons. The summed E-state index contributed by atoms with van der Waals surface area (Å²) in [6.45, 7) is 0. The third-order valence-corrected chi connectivity index (χ3v) is 2.28. The highest BCUT2D eigenvalue weighted by Crippen LogP contribution is 2.16. The lowest BCUT2D eigenvalue weighted by atomic mass is 10.2. The van der Waals surface area contributed by atoms with Crippen molar-refractivity contribution in [1.29, 1.82) is 0 Å². The van der Waals surface area contributed by atoms with Crippen molar-refractivity contribution in [3.8, 4) is 0 Å². The first kappa shape index (κ1) is 7.32. The maximum absolute atomic E-state index is 11.5. The smallest absolute Gasteiger partial charge is 0.305 e. The number of imidazole rings is 1. The van der Waals surface area contributed by atoms with E-state index in [0.717, 1.165) is 16.6 Å². The van der Waals surface area contributed by atoms with Crippen molar-refractivity contribution in [2.75, 3.05) is 0 Å². The van der Waals surface area contributed by atoms with Gasteiger partial charge in [-0.1, -0.05) is 12.1 Å². The zero-order valence-electron chi connectivity index (χ0n) is 7.27. The highest BCUT2D eigenvalue weighted by Gasteiger charge is 2.08. The summed E-state index contributed by atoms with van der Waals surface area (Å²) >= 11 is 0. The van der Waals surface area contributed by atoms with Gasteiger partial charge in [0.1, 0.15) is 0 Å². The van der Waals surface area contributed by atoms with E-state index in [9.17, 15) is 4.79 Å². The van der Waals surface area contributed by atoms with Gasteiger partial charge in [-0.25, -0.2) is 4.79 Å². The first-order valence-electron chi connectivity index (χ1n) is 4.29. The average molecular weight is 185 g/mol. The molecule has 0 spiro atoms. The number of aromatic nitrogens is 2. The minimum absolute atomic E-state index is 0.130. The molecule has 2 aromatic rings. The molecule has 4 heteroatoms. The van der Waals surface area contributed by atoms with Gasteiger partial charge >= 0.3 is 5.69 Å². The van der Waals surface area contributed by atoms with Crippen LogP contribution in [0.25, 0.3) is 17.2 Å². The van der Waals surface area contributed by atoms with Crippen LogP contribution >= 0.6 is 0 Å². The van der Waals surface area contributed by atoms with Crippen LogP contribution in [0.4, 0.5) is 0 Å². The molecule has 0 amide bonds. The topological polar surface area (TPSA) is 50.1 Å². The van der Waals surface area contributed by atoms with Crippen molar-refractivity contribution in [3.05, 3.63) is 40.4 Å². The van der Waals surface area contributed by atoms with E-state index in [0.29, 0.717) is 0 Å². The molecule has 0 radical (unpaired) electrons. The van der Waals surface area contributed by atoms with Gasteiger partial charge in [0.05, 0.1) is 11.0 Å². The maximum Gasteiger partial charge on any atom is 0.330 e. The molecule has 1 aliphatic heterocycles. The molecule has 14 heavy (non-hydrogen) atoms. The molecule has 0 aliphatic carbocycles. The minimum atomic E-state index is -0.130. The van der Waals surface area contributed by atoms with Gasteiger partial charge in [-0.3, -0.25) is 9.56 Å². The first-order valence-corrected chi connectivity index (χ1v) is 4.29. The van der Waals surface area contributed by atoms with E-state index in [4.69, 9.17) is 0 Å². The van der Waals surface area contributed by atoms with Crippen molar-refractivity contribution in [2.24, 2.45) is 4.99 Å². The Morgan fingerprint density at radius 3 is 3.21 bits per heavy atom. The summed E-state index contributed by atoms with van der Waals surface area (Å²) in [4.78, 5) is 18.3. The van der Waals surface area contributed by atoms with Crippen molar-refractivity contribution in [1.82, 2.24) is 9.55 Å². The molecule has 0 saturated carbocycles. The average Bonchev–Trinajstić information content (AvgIpc) is 2.39. The summed E-state index contributed by atoms with van der Waals surface area (Å²) < 4.78 is 1.57. The van der Waals surface area contributed by atoms with Gasteiger partial charge < -0.3 is 4.98 Å². The Bertz CT molecular complexity index is 616. The summed E-state index contributed by atoms with van der Waals surface area (Å²) in [6.07, 6.45) is 5.01. The molecule has 2 heterocycles. The number of hydrogen-bond donors (Lipinski definition) is 1. The number of para-hydroxylation sites is 1. The molecule has 0 atom stereocenters. The first-order chi connectivity index (χ1) is 6.86. The molecule has 4 nitrogen and oxygen atoms in total. The van der Waals surface area contributed by atoms with Crippen molar-refractivity contribution >= 4 is 23.4 Å². The number of nitrogens with one attached hydrogen (secondary N) is 1. The second-order valence-corrected chi connectivity index (χ2v) is 3.12. The number of benzene rings is 1. The van der Waals surface area contributed by atoms with Gasteiger partial charge in [0.15, 0.2) is 0 Å². The summed E-state index contributed by atoms with van der Waals surface area (Å²) in [5.41, 5.74) is 2.54. The fraction of sp³-hybridized carbons (Fsp3) is 0. The van der Waals surface area contributed by atoms with Crippen molar-refractivity contribution < 1.29 is 0 Å². The second-order valence-electron chi connectivity index (χ2n) is 3.12. The number of aromatic amines is 1. The van der Waals surface area contributed by atoms with Crippen LogP contribution in [0.3, 0.4) is 0 Å². The molecule has 0 saturated heterocycles. The quantitative estimate of drug-likeness (QED) is 0.658. The monoisotopic (exact) mass is 185 g/mol. The maximum atomic E-state index is 11.5. The van der Waals surface area contributed by atoms with Crippen molar-refractivity contribution in [3.63, 3.8) is 0 Å². The van der Waals surface area contributed by atoms with Crippen LogP contribution in [-0.4, -0.2) is 15.8 Å². The van der Waals surface area contributed by atoms with E-state index in [2.05, 4.69) is 9.98 Å². The number of nitrogens with zero attached hydrogens (tertiary/aromatic N) is 2. The Balaban J connectivity index is 2.64. The molecule has 0 bridgehead atoms. The normalized spacial score (nSPS) is 13.4. The van der Waals surface area contributed by atoms with E-state index in [-0.39, 0.29) is 5.69 Å². The Morgan fingerprint density at radius 1 is 1.36 bits per heavy atom. The number of rotatable bonds is 0. The molecule has 3 rings (SSSR count). The van der Waals surface area contributed by atoms with Crippen LogP contribution in [0, 0.1) is 0 Å². The predicted molar refractivity (Wildman–Crippen MR) is 55.5 cm³/mol. The lowest BCUT2D eigenvalue weighted by Gasteiger charge is -1.96. The fourth-order valence-electron chi connectivity index (χ4n) is 1.68. The van der Waals surface area contributed by atoms with Crippen LogP contribution in [0.1, 0.15) is 5.56 Å². The number of aliphatic imine (C=N–C) groups is 1. The van der Waals surface area contributed by atoms with Crippen LogP contribution < -0.4 is 5.69 Å². The molecule has 1 aromatic carbocycles. The van der Waals surface area contributed by atoms with Crippen LogP contribution in [0.15, 0.2) is 34.2 Å². The molecular weight excluding hydrogens is 178 g/mol. The number of H-pyrrole nitrogens is 1. The van der Waals surface area contributed by atoms with Gasteiger partial charge in [-0.05, 0) is 6.07 Å². The largest absolute Gasteiger partial charge is 0.330 e. The third kappa shape index (κ3) is 0.821. The summed E-state index contributed by atoms with van der Waals surface area (Å²) in [7, 11) is 0. The Hall–Kier alpha value is -2.10. The summed E-state index contributed by atoms with van der Waals surface area (Å²) in [5.74, 6) is 0. The van der Waals surface area contributed by atoms with Gasteiger partial charge in [0.2, 0.25) is 0 Å². The highest BCUT2D eigenvalue weighted by atomic mass is 16.1. The molecule has 0 fully saturated rings. The van der Waals surface area contributed by atoms with E-state index >= 15 is 0 Å². The van der Waals surface area contributed by atoms with Gasteiger partial charge in [0.25, 0.3) is 0 Å². The molecule has 1 N–H and O–H groups in total. The van der Waals surface area contributed by atoms with Gasteiger partial charge in [-0.15, -0.1) is 0 Å². The van der Waals surface area contributed by atoms with E-state index in [1.165, 1.54) is 0 Å². The van der Waals surface area contributed by atoms with Gasteiger partial charge in [0, 0.05) is 24.2 Å². The molecule has 0 unspecified atom stereocenters. The zero-order valence-corrected chi connectivity index (χ0v) is 7.27. The molecule has 1 aromatic heterocycles. The van der Waals surface area contributed by atoms with Crippen molar-refractivity contribution in [2.45, 2.75) is 0 Å². The lowest BCUT2D eigenvalue weighted by molar-refractivity contribution is 1.08. The predicted octanol–water partition coefficient (Wildman–Crippen LogP) is 1.19.